The lowest BCUT2D eigenvalue weighted by Crippen LogP contribution is -2.47. The lowest BCUT2D eigenvalue weighted by atomic mass is 9.91. The highest BCUT2D eigenvalue weighted by molar-refractivity contribution is 9.10. The first kappa shape index (κ1) is 13.1. The SMILES string of the molecule is CCNC(C)(C(=O)O)c1cc(Br)ccc1F. The molecule has 5 heteroatoms. The highest BCUT2D eigenvalue weighted by Crippen LogP contribution is 2.27. The van der Waals surface area contributed by atoms with Gasteiger partial charge in [-0.05, 0) is 31.7 Å². The van der Waals surface area contributed by atoms with Crippen molar-refractivity contribution in [2.45, 2.75) is 19.4 Å². The van der Waals surface area contributed by atoms with E-state index in [2.05, 4.69) is 21.2 Å². The minimum absolute atomic E-state index is 0.122. The van der Waals surface area contributed by atoms with Gasteiger partial charge in [-0.3, -0.25) is 5.32 Å². The fraction of sp³-hybridized carbons (Fsp3) is 0.364. The smallest absolute Gasteiger partial charge is 0.328 e. The van der Waals surface area contributed by atoms with Crippen LogP contribution in [0, 0.1) is 5.82 Å². The van der Waals surface area contributed by atoms with Gasteiger partial charge in [-0.1, -0.05) is 22.9 Å². The Hall–Kier alpha value is -0.940. The van der Waals surface area contributed by atoms with Crippen LogP contribution in [0.4, 0.5) is 4.39 Å². The van der Waals surface area contributed by atoms with Gasteiger partial charge in [0.25, 0.3) is 0 Å². The van der Waals surface area contributed by atoms with Gasteiger partial charge in [0.05, 0.1) is 0 Å². The maximum absolute atomic E-state index is 13.6. The standard InChI is InChI=1S/C11H13BrFNO2/c1-3-14-11(2,10(15)16)8-6-7(12)4-5-9(8)13/h4-6,14H,3H2,1-2H3,(H,15,16). The molecule has 0 fully saturated rings. The summed E-state index contributed by atoms with van der Waals surface area (Å²) in [5.41, 5.74) is -1.29. The van der Waals surface area contributed by atoms with Crippen LogP contribution in [0.25, 0.3) is 0 Å². The molecular weight excluding hydrogens is 277 g/mol. The topological polar surface area (TPSA) is 49.3 Å². The van der Waals surface area contributed by atoms with Crippen molar-refractivity contribution in [1.29, 1.82) is 0 Å². The zero-order valence-electron chi connectivity index (χ0n) is 9.05. The number of hydrogen-bond donors (Lipinski definition) is 2. The van der Waals surface area contributed by atoms with E-state index in [-0.39, 0.29) is 5.56 Å². The Morgan fingerprint density at radius 2 is 2.25 bits per heavy atom. The summed E-state index contributed by atoms with van der Waals surface area (Å²) in [5.74, 6) is -1.64. The van der Waals surface area contributed by atoms with Gasteiger partial charge in [-0.25, -0.2) is 9.18 Å². The monoisotopic (exact) mass is 289 g/mol. The Labute approximate surface area is 102 Å². The molecule has 1 aromatic carbocycles. The molecule has 0 aliphatic heterocycles. The van der Waals surface area contributed by atoms with Crippen molar-refractivity contribution in [2.75, 3.05) is 6.54 Å². The molecule has 0 saturated heterocycles. The molecule has 0 bridgehead atoms. The molecule has 0 aromatic heterocycles. The summed E-state index contributed by atoms with van der Waals surface area (Å²) in [4.78, 5) is 11.2. The van der Waals surface area contributed by atoms with Crippen molar-refractivity contribution in [3.05, 3.63) is 34.1 Å². The number of hydrogen-bond acceptors (Lipinski definition) is 2. The predicted octanol–water partition coefficient (Wildman–Crippen LogP) is 2.50. The van der Waals surface area contributed by atoms with E-state index in [1.165, 1.54) is 25.1 Å². The summed E-state index contributed by atoms with van der Waals surface area (Å²) in [7, 11) is 0. The van der Waals surface area contributed by atoms with Crippen LogP contribution >= 0.6 is 15.9 Å². The van der Waals surface area contributed by atoms with E-state index in [0.29, 0.717) is 11.0 Å². The number of nitrogens with one attached hydrogen (secondary N) is 1. The van der Waals surface area contributed by atoms with E-state index in [1.54, 1.807) is 6.92 Å². The summed E-state index contributed by atoms with van der Waals surface area (Å²) in [6.07, 6.45) is 0. The number of carboxylic acids is 1. The average Bonchev–Trinajstić information content (AvgIpc) is 2.21. The van der Waals surface area contributed by atoms with Gasteiger partial charge in [0.15, 0.2) is 0 Å². The van der Waals surface area contributed by atoms with Crippen molar-refractivity contribution < 1.29 is 14.3 Å². The summed E-state index contributed by atoms with van der Waals surface area (Å²) in [6.45, 7) is 3.66. The maximum atomic E-state index is 13.6. The average molecular weight is 290 g/mol. The molecule has 0 heterocycles. The van der Waals surface area contributed by atoms with Crippen LogP contribution < -0.4 is 5.32 Å². The molecule has 1 atom stereocenters. The molecule has 1 rings (SSSR count). The van der Waals surface area contributed by atoms with Crippen LogP contribution in [0.3, 0.4) is 0 Å². The summed E-state index contributed by atoms with van der Waals surface area (Å²) < 4.78 is 14.3. The van der Waals surface area contributed by atoms with Crippen LogP contribution in [0.5, 0.6) is 0 Å². The van der Waals surface area contributed by atoms with Gasteiger partial charge in [0.1, 0.15) is 11.4 Å². The third-order valence-electron chi connectivity index (χ3n) is 2.43. The van der Waals surface area contributed by atoms with E-state index in [0.717, 1.165) is 0 Å². The van der Waals surface area contributed by atoms with Gasteiger partial charge in [0.2, 0.25) is 0 Å². The largest absolute Gasteiger partial charge is 0.480 e. The molecule has 0 spiro atoms. The maximum Gasteiger partial charge on any atom is 0.328 e. The second kappa shape index (κ2) is 4.93. The van der Waals surface area contributed by atoms with Crippen LogP contribution in [0.1, 0.15) is 19.4 Å². The minimum atomic E-state index is -1.41. The Bertz CT molecular complexity index is 411. The van der Waals surface area contributed by atoms with Crippen LogP contribution in [0.2, 0.25) is 0 Å². The van der Waals surface area contributed by atoms with Crippen molar-refractivity contribution in [3.63, 3.8) is 0 Å². The number of halogens is 2. The predicted molar refractivity (Wildman–Crippen MR) is 62.8 cm³/mol. The number of benzene rings is 1. The second-order valence-electron chi connectivity index (χ2n) is 3.58. The fourth-order valence-electron chi connectivity index (χ4n) is 1.52. The number of carboxylic acid groups (broad SMARTS) is 1. The lowest BCUT2D eigenvalue weighted by molar-refractivity contribution is -0.144. The van der Waals surface area contributed by atoms with Gasteiger partial charge in [-0.15, -0.1) is 0 Å². The molecule has 3 nitrogen and oxygen atoms in total. The Balaban J connectivity index is 3.31. The molecule has 0 amide bonds. The Morgan fingerprint density at radius 3 is 2.75 bits per heavy atom. The number of carbonyl (C=O) groups is 1. The number of aliphatic carboxylic acids is 1. The quantitative estimate of drug-likeness (QED) is 0.895. The van der Waals surface area contributed by atoms with Crippen molar-refractivity contribution in [1.82, 2.24) is 5.32 Å². The minimum Gasteiger partial charge on any atom is -0.480 e. The van der Waals surface area contributed by atoms with Gasteiger partial charge in [-0.2, -0.15) is 0 Å². The Kier molecular flexibility index (Phi) is 4.04. The van der Waals surface area contributed by atoms with Gasteiger partial charge < -0.3 is 5.11 Å². The van der Waals surface area contributed by atoms with Gasteiger partial charge >= 0.3 is 5.97 Å². The summed E-state index contributed by atoms with van der Waals surface area (Å²) in [5, 5.41) is 12.0. The first-order valence-corrected chi connectivity index (χ1v) is 5.65. The Morgan fingerprint density at radius 1 is 1.62 bits per heavy atom. The molecule has 0 aliphatic carbocycles. The lowest BCUT2D eigenvalue weighted by Gasteiger charge is -2.26. The molecule has 1 unspecified atom stereocenters. The van der Waals surface area contributed by atoms with E-state index in [9.17, 15) is 14.3 Å². The first-order valence-electron chi connectivity index (χ1n) is 4.85. The van der Waals surface area contributed by atoms with Crippen molar-refractivity contribution in [2.24, 2.45) is 0 Å². The molecule has 1 aromatic rings. The molecule has 88 valence electrons. The number of rotatable bonds is 4. The van der Waals surface area contributed by atoms with Crippen molar-refractivity contribution in [3.8, 4) is 0 Å². The normalized spacial score (nSPS) is 14.5. The van der Waals surface area contributed by atoms with Gasteiger partial charge in [0, 0.05) is 10.0 Å². The zero-order chi connectivity index (χ0) is 12.3. The molecular formula is C11H13BrFNO2. The molecule has 0 radical (unpaired) electrons. The fourth-order valence-corrected chi connectivity index (χ4v) is 1.88. The summed E-state index contributed by atoms with van der Waals surface area (Å²) >= 11 is 3.20. The molecule has 0 aliphatic rings. The number of likely N-dealkylation sites (N-methyl/N-ethyl adjacent to an activating group) is 1. The van der Waals surface area contributed by atoms with Crippen molar-refractivity contribution >= 4 is 21.9 Å². The third kappa shape index (κ3) is 2.41. The van der Waals surface area contributed by atoms with E-state index in [4.69, 9.17) is 0 Å². The van der Waals surface area contributed by atoms with Crippen LogP contribution in [0.15, 0.2) is 22.7 Å². The molecule has 2 N–H and O–H groups in total. The van der Waals surface area contributed by atoms with Crippen LogP contribution in [-0.4, -0.2) is 17.6 Å². The highest BCUT2D eigenvalue weighted by atomic mass is 79.9. The second-order valence-corrected chi connectivity index (χ2v) is 4.50. The zero-order valence-corrected chi connectivity index (χ0v) is 10.6. The summed E-state index contributed by atoms with van der Waals surface area (Å²) in [6, 6.07) is 4.26. The van der Waals surface area contributed by atoms with Crippen LogP contribution in [-0.2, 0) is 10.3 Å². The molecule has 0 saturated carbocycles. The van der Waals surface area contributed by atoms with E-state index >= 15 is 0 Å². The van der Waals surface area contributed by atoms with E-state index < -0.39 is 17.3 Å². The third-order valence-corrected chi connectivity index (χ3v) is 2.92. The molecule has 16 heavy (non-hydrogen) atoms. The highest BCUT2D eigenvalue weighted by Gasteiger charge is 2.36. The first-order chi connectivity index (χ1) is 7.41. The van der Waals surface area contributed by atoms with E-state index in [1.807, 2.05) is 0 Å².